The van der Waals surface area contributed by atoms with Crippen molar-refractivity contribution >= 4 is 28.4 Å². The summed E-state index contributed by atoms with van der Waals surface area (Å²) in [4.78, 5) is 20.8. The van der Waals surface area contributed by atoms with Crippen LogP contribution < -0.4 is 0 Å². The minimum absolute atomic E-state index is 0.924. The molecule has 5 nitrogen and oxygen atoms in total. The van der Waals surface area contributed by atoms with Gasteiger partial charge in [0.05, 0.1) is 4.88 Å². The highest BCUT2D eigenvalue weighted by Crippen LogP contribution is 2.37. The smallest absolute Gasteiger partial charge is 0.136 e. The zero-order valence-electron chi connectivity index (χ0n) is 12.5. The van der Waals surface area contributed by atoms with Gasteiger partial charge in [-0.3, -0.25) is 4.98 Å². The van der Waals surface area contributed by atoms with Gasteiger partial charge in [-0.25, -0.2) is 9.97 Å². The summed E-state index contributed by atoms with van der Waals surface area (Å²) >= 11 is 3.38. The maximum absolute atomic E-state index is 4.95. The van der Waals surface area contributed by atoms with Crippen molar-refractivity contribution in [3.8, 4) is 20.5 Å². The van der Waals surface area contributed by atoms with Crippen molar-refractivity contribution in [2.24, 2.45) is 5.16 Å². The number of pyridine rings is 1. The Balaban J connectivity index is 1.70. The molecule has 0 aromatic carbocycles. The summed E-state index contributed by atoms with van der Waals surface area (Å²) in [7, 11) is 1.58. The molecule has 0 saturated heterocycles. The number of nitrogens with zero attached hydrogens (tertiary/aromatic N) is 4. The molecule has 0 aliphatic heterocycles. The number of oxime groups is 1. The first-order chi connectivity index (χ1) is 11.3. The fourth-order valence-corrected chi connectivity index (χ4v) is 4.65. The molecule has 0 radical (unpaired) electrons. The van der Waals surface area contributed by atoms with Crippen LogP contribution in [0, 0.1) is 0 Å². The van der Waals surface area contributed by atoms with Crippen molar-refractivity contribution in [1.82, 2.24) is 15.0 Å². The van der Waals surface area contributed by atoms with Crippen molar-refractivity contribution in [2.45, 2.75) is 19.3 Å². The van der Waals surface area contributed by atoms with Gasteiger partial charge in [-0.15, -0.1) is 22.7 Å². The van der Waals surface area contributed by atoms with Crippen LogP contribution in [-0.2, 0) is 11.3 Å². The SMILES string of the molecule is CO/N=C1\CCCc2sc(-c3cnc(-c4cccnc4)s3)nc21. The van der Waals surface area contributed by atoms with Crippen LogP contribution in [0.15, 0.2) is 35.9 Å². The highest BCUT2D eigenvalue weighted by atomic mass is 32.1. The van der Waals surface area contributed by atoms with Crippen LogP contribution in [0.1, 0.15) is 23.4 Å². The van der Waals surface area contributed by atoms with E-state index >= 15 is 0 Å². The number of aryl methyl sites for hydroxylation is 1. The Morgan fingerprint density at radius 3 is 2.96 bits per heavy atom. The van der Waals surface area contributed by atoms with E-state index in [4.69, 9.17) is 9.82 Å². The van der Waals surface area contributed by atoms with E-state index in [9.17, 15) is 0 Å². The maximum Gasteiger partial charge on any atom is 0.136 e. The Bertz CT molecular complexity index is 854. The monoisotopic (exact) mass is 342 g/mol. The van der Waals surface area contributed by atoms with Crippen LogP contribution >= 0.6 is 22.7 Å². The predicted molar refractivity (Wildman–Crippen MR) is 92.9 cm³/mol. The zero-order valence-corrected chi connectivity index (χ0v) is 14.2. The molecule has 0 amide bonds. The summed E-state index contributed by atoms with van der Waals surface area (Å²) in [5.41, 5.74) is 2.98. The molecule has 4 rings (SSSR count). The lowest BCUT2D eigenvalue weighted by Crippen LogP contribution is -2.10. The molecule has 1 aliphatic carbocycles. The van der Waals surface area contributed by atoms with Crippen molar-refractivity contribution in [2.75, 3.05) is 7.11 Å². The molecule has 116 valence electrons. The van der Waals surface area contributed by atoms with Crippen LogP contribution in [0.2, 0.25) is 0 Å². The highest BCUT2D eigenvalue weighted by molar-refractivity contribution is 7.23. The second kappa shape index (κ2) is 6.17. The van der Waals surface area contributed by atoms with Crippen LogP contribution in [0.25, 0.3) is 20.5 Å². The van der Waals surface area contributed by atoms with Crippen LogP contribution in [0.4, 0.5) is 0 Å². The molecular weight excluding hydrogens is 328 g/mol. The lowest BCUT2D eigenvalue weighted by atomic mass is 10.0. The summed E-state index contributed by atoms with van der Waals surface area (Å²) in [6.45, 7) is 0. The molecule has 0 spiro atoms. The van der Waals surface area contributed by atoms with Gasteiger partial charge >= 0.3 is 0 Å². The van der Waals surface area contributed by atoms with E-state index in [1.54, 1.807) is 36.0 Å². The first kappa shape index (κ1) is 14.5. The summed E-state index contributed by atoms with van der Waals surface area (Å²) in [6, 6.07) is 3.94. The average Bonchev–Trinajstić information content (AvgIpc) is 3.23. The van der Waals surface area contributed by atoms with Gasteiger partial charge in [0.25, 0.3) is 0 Å². The Hall–Kier alpha value is -2.12. The van der Waals surface area contributed by atoms with Crippen LogP contribution in [-0.4, -0.2) is 27.8 Å². The third-order valence-corrected chi connectivity index (χ3v) is 5.95. The Morgan fingerprint density at radius 2 is 2.13 bits per heavy atom. The molecule has 0 fully saturated rings. The van der Waals surface area contributed by atoms with Gasteiger partial charge < -0.3 is 4.84 Å². The molecule has 7 heteroatoms. The summed E-state index contributed by atoms with van der Waals surface area (Å²) in [5, 5.41) is 6.10. The lowest BCUT2D eigenvalue weighted by molar-refractivity contribution is 0.212. The maximum atomic E-state index is 4.95. The van der Waals surface area contributed by atoms with Crippen molar-refractivity contribution in [3.63, 3.8) is 0 Å². The minimum Gasteiger partial charge on any atom is -0.399 e. The number of fused-ring (bicyclic) bond motifs is 1. The van der Waals surface area contributed by atoms with Crippen LogP contribution in [0.3, 0.4) is 0 Å². The van der Waals surface area contributed by atoms with Gasteiger partial charge in [-0.05, 0) is 31.4 Å². The summed E-state index contributed by atoms with van der Waals surface area (Å²) < 4.78 is 0. The van der Waals surface area contributed by atoms with E-state index in [0.29, 0.717) is 0 Å². The van der Waals surface area contributed by atoms with E-state index in [0.717, 1.165) is 51.1 Å². The summed E-state index contributed by atoms with van der Waals surface area (Å²) in [5.74, 6) is 0. The molecule has 3 heterocycles. The third-order valence-electron chi connectivity index (χ3n) is 3.61. The first-order valence-electron chi connectivity index (χ1n) is 7.32. The topological polar surface area (TPSA) is 60.3 Å². The second-order valence-electron chi connectivity index (χ2n) is 5.14. The molecule has 0 N–H and O–H groups in total. The lowest BCUT2D eigenvalue weighted by Gasteiger charge is -2.10. The molecule has 0 unspecified atom stereocenters. The number of aromatic nitrogens is 3. The molecule has 0 bridgehead atoms. The fraction of sp³-hybridized carbons (Fsp3) is 0.250. The molecule has 0 saturated carbocycles. The molecule has 23 heavy (non-hydrogen) atoms. The molecule has 3 aromatic rings. The van der Waals surface area contributed by atoms with E-state index in [1.165, 1.54) is 4.88 Å². The fourth-order valence-electron chi connectivity index (χ4n) is 2.58. The zero-order chi connectivity index (χ0) is 15.6. The number of thiazole rings is 2. The summed E-state index contributed by atoms with van der Waals surface area (Å²) in [6.07, 6.45) is 8.57. The molecule has 3 aromatic heterocycles. The van der Waals surface area contributed by atoms with E-state index in [-0.39, 0.29) is 0 Å². The second-order valence-corrected chi connectivity index (χ2v) is 7.25. The first-order valence-corrected chi connectivity index (χ1v) is 8.95. The van der Waals surface area contributed by atoms with Gasteiger partial charge in [0, 0.05) is 29.0 Å². The Labute approximate surface area is 141 Å². The van der Waals surface area contributed by atoms with E-state index in [1.807, 2.05) is 24.5 Å². The Kier molecular flexibility index (Phi) is 3.88. The van der Waals surface area contributed by atoms with Gasteiger partial charge in [0.1, 0.15) is 28.5 Å². The average molecular weight is 342 g/mol. The van der Waals surface area contributed by atoms with E-state index < -0.39 is 0 Å². The van der Waals surface area contributed by atoms with Crippen molar-refractivity contribution in [1.29, 1.82) is 0 Å². The quantitative estimate of drug-likeness (QED) is 0.675. The number of hydrogen-bond donors (Lipinski definition) is 0. The Morgan fingerprint density at radius 1 is 1.17 bits per heavy atom. The van der Waals surface area contributed by atoms with Crippen molar-refractivity contribution in [3.05, 3.63) is 41.3 Å². The molecule has 0 atom stereocenters. The largest absolute Gasteiger partial charge is 0.399 e. The standard InChI is InChI=1S/C16H14N4OS2/c1-21-20-11-5-2-6-12-14(11)19-16(22-12)13-9-18-15(23-13)10-4-3-7-17-8-10/h3-4,7-9H,2,5-6H2,1H3/b20-11+. The molecule has 1 aliphatic rings. The van der Waals surface area contributed by atoms with Crippen molar-refractivity contribution < 1.29 is 4.84 Å². The van der Waals surface area contributed by atoms with E-state index in [2.05, 4.69) is 15.1 Å². The number of rotatable bonds is 3. The predicted octanol–water partition coefficient (Wildman–Crippen LogP) is 4.02. The normalized spacial score (nSPS) is 15.6. The third kappa shape index (κ3) is 2.77. The van der Waals surface area contributed by atoms with Gasteiger partial charge in [-0.1, -0.05) is 5.16 Å². The number of hydrogen-bond acceptors (Lipinski definition) is 7. The minimum atomic E-state index is 0.924. The molecular formula is C16H14N4OS2. The van der Waals surface area contributed by atoms with Gasteiger partial charge in [0.2, 0.25) is 0 Å². The highest BCUT2D eigenvalue weighted by Gasteiger charge is 2.23. The van der Waals surface area contributed by atoms with Crippen LogP contribution in [0.5, 0.6) is 0 Å². The van der Waals surface area contributed by atoms with Gasteiger partial charge in [0.15, 0.2) is 0 Å². The van der Waals surface area contributed by atoms with Gasteiger partial charge in [-0.2, -0.15) is 0 Å².